The van der Waals surface area contributed by atoms with E-state index in [1.54, 1.807) is 20.1 Å². The summed E-state index contributed by atoms with van der Waals surface area (Å²) in [6.45, 7) is 7.01. The number of fused-ring (bicyclic) bond motifs is 1. The van der Waals surface area contributed by atoms with Gasteiger partial charge in [0.15, 0.2) is 0 Å². The normalized spacial score (nSPS) is 11.1. The average molecular weight is 347 g/mol. The van der Waals surface area contributed by atoms with E-state index < -0.39 is 5.97 Å². The molecule has 0 fully saturated rings. The van der Waals surface area contributed by atoms with Crippen molar-refractivity contribution in [3.63, 3.8) is 0 Å². The van der Waals surface area contributed by atoms with Crippen molar-refractivity contribution in [1.82, 2.24) is 4.98 Å². The Labute approximate surface area is 147 Å². The molecule has 6 nitrogen and oxygen atoms in total. The van der Waals surface area contributed by atoms with Crippen molar-refractivity contribution in [2.45, 2.75) is 27.2 Å². The van der Waals surface area contributed by atoms with Gasteiger partial charge in [-0.3, -0.25) is 4.79 Å². The summed E-state index contributed by atoms with van der Waals surface area (Å²) in [7, 11) is 1.61. The summed E-state index contributed by atoms with van der Waals surface area (Å²) in [6, 6.07) is 3.61. The maximum atomic E-state index is 12.7. The van der Waals surface area contributed by atoms with Crippen LogP contribution < -0.4 is 10.2 Å². The molecule has 0 spiro atoms. The number of benzene rings is 1. The lowest BCUT2D eigenvalue weighted by Crippen LogP contribution is -2.18. The predicted octanol–water partition coefficient (Wildman–Crippen LogP) is 2.93. The fourth-order valence-corrected chi connectivity index (χ4v) is 2.62. The number of carbonyl (C=O) groups excluding carboxylic acids is 1. The highest BCUT2D eigenvalue weighted by Crippen LogP contribution is 2.26. The molecule has 0 aliphatic carbocycles. The number of esters is 1. The van der Waals surface area contributed by atoms with Crippen molar-refractivity contribution in [2.24, 2.45) is 5.92 Å². The van der Waals surface area contributed by atoms with E-state index in [1.807, 2.05) is 6.07 Å². The van der Waals surface area contributed by atoms with E-state index in [-0.39, 0.29) is 17.6 Å². The predicted molar refractivity (Wildman–Crippen MR) is 96.4 cm³/mol. The first kappa shape index (κ1) is 19.0. The smallest absolute Gasteiger partial charge is 0.343 e. The largest absolute Gasteiger partial charge is 0.491 e. The minimum absolute atomic E-state index is 0.00574. The van der Waals surface area contributed by atoms with Gasteiger partial charge in [-0.2, -0.15) is 0 Å². The van der Waals surface area contributed by atoms with Gasteiger partial charge in [0.2, 0.25) is 5.43 Å². The Hall–Kier alpha value is -2.34. The fraction of sp³-hybridized carbons (Fsp3) is 0.474. The molecule has 6 heteroatoms. The van der Waals surface area contributed by atoms with Gasteiger partial charge in [-0.05, 0) is 37.0 Å². The second-order valence-corrected chi connectivity index (χ2v) is 6.20. The number of aromatic amines is 1. The first-order chi connectivity index (χ1) is 12.0. The van der Waals surface area contributed by atoms with Crippen LogP contribution >= 0.6 is 0 Å². The Morgan fingerprint density at radius 2 is 2.00 bits per heavy atom. The van der Waals surface area contributed by atoms with Gasteiger partial charge in [0.25, 0.3) is 0 Å². The van der Waals surface area contributed by atoms with Crippen LogP contribution in [0.15, 0.2) is 23.1 Å². The zero-order valence-electron chi connectivity index (χ0n) is 15.2. The van der Waals surface area contributed by atoms with Crippen molar-refractivity contribution in [1.29, 1.82) is 0 Å². The number of carbonyl (C=O) groups is 1. The van der Waals surface area contributed by atoms with Gasteiger partial charge >= 0.3 is 5.97 Å². The first-order valence-electron chi connectivity index (χ1n) is 8.45. The SMILES string of the molecule is CCOC(=O)c1c[nH]c2cc(CC(C)C)c(OCCOC)cc2c1=O. The molecule has 0 saturated heterocycles. The fourth-order valence-electron chi connectivity index (χ4n) is 2.62. The van der Waals surface area contributed by atoms with Gasteiger partial charge in [-0.15, -0.1) is 0 Å². The van der Waals surface area contributed by atoms with Crippen LogP contribution in [0.2, 0.25) is 0 Å². The molecular weight excluding hydrogens is 322 g/mol. The van der Waals surface area contributed by atoms with Gasteiger partial charge in [-0.1, -0.05) is 13.8 Å². The van der Waals surface area contributed by atoms with E-state index >= 15 is 0 Å². The average Bonchev–Trinajstić information content (AvgIpc) is 2.56. The topological polar surface area (TPSA) is 77.6 Å². The number of rotatable bonds is 8. The Morgan fingerprint density at radius 1 is 1.24 bits per heavy atom. The van der Waals surface area contributed by atoms with E-state index in [0.717, 1.165) is 12.0 Å². The van der Waals surface area contributed by atoms with Crippen molar-refractivity contribution in [3.05, 3.63) is 39.7 Å². The number of aromatic nitrogens is 1. The molecule has 0 amide bonds. The van der Waals surface area contributed by atoms with Crippen molar-refractivity contribution in [2.75, 3.05) is 26.9 Å². The third kappa shape index (κ3) is 4.60. The Morgan fingerprint density at radius 3 is 2.64 bits per heavy atom. The lowest BCUT2D eigenvalue weighted by Gasteiger charge is -2.14. The van der Waals surface area contributed by atoms with Gasteiger partial charge in [-0.25, -0.2) is 4.79 Å². The minimum Gasteiger partial charge on any atom is -0.491 e. The van der Waals surface area contributed by atoms with Crippen LogP contribution in [0.3, 0.4) is 0 Å². The second-order valence-electron chi connectivity index (χ2n) is 6.20. The van der Waals surface area contributed by atoms with Crippen molar-refractivity contribution >= 4 is 16.9 Å². The minimum atomic E-state index is -0.626. The third-order valence-corrected chi connectivity index (χ3v) is 3.73. The molecule has 1 aromatic heterocycles. The van der Waals surface area contributed by atoms with Crippen LogP contribution in [0.1, 0.15) is 36.7 Å². The molecule has 0 aliphatic rings. The lowest BCUT2D eigenvalue weighted by atomic mass is 9.99. The number of hydrogen-bond acceptors (Lipinski definition) is 5. The molecule has 0 saturated carbocycles. The maximum absolute atomic E-state index is 12.7. The first-order valence-corrected chi connectivity index (χ1v) is 8.45. The summed E-state index contributed by atoms with van der Waals surface area (Å²) < 4.78 is 15.8. The highest BCUT2D eigenvalue weighted by atomic mass is 16.5. The molecule has 0 aliphatic heterocycles. The molecule has 136 valence electrons. The Bertz CT molecular complexity index is 794. The number of hydrogen-bond donors (Lipinski definition) is 1. The van der Waals surface area contributed by atoms with Crippen LogP contribution in [0, 0.1) is 5.92 Å². The molecule has 1 aromatic carbocycles. The number of nitrogens with one attached hydrogen (secondary N) is 1. The molecule has 0 unspecified atom stereocenters. The molecule has 2 aromatic rings. The highest BCUT2D eigenvalue weighted by molar-refractivity contribution is 5.94. The van der Waals surface area contributed by atoms with Gasteiger partial charge in [0.05, 0.1) is 18.6 Å². The molecule has 0 atom stereocenters. The number of H-pyrrole nitrogens is 1. The molecule has 1 N–H and O–H groups in total. The molecular formula is C19H25NO5. The maximum Gasteiger partial charge on any atom is 0.343 e. The molecule has 1 heterocycles. The number of pyridine rings is 1. The summed E-state index contributed by atoms with van der Waals surface area (Å²) >= 11 is 0. The van der Waals surface area contributed by atoms with E-state index in [2.05, 4.69) is 18.8 Å². The van der Waals surface area contributed by atoms with Crippen LogP contribution in [0.25, 0.3) is 10.9 Å². The number of methoxy groups -OCH3 is 1. The van der Waals surface area contributed by atoms with Gasteiger partial charge in [0.1, 0.15) is 17.9 Å². The summed E-state index contributed by atoms with van der Waals surface area (Å²) in [5.41, 5.74) is 1.32. The monoisotopic (exact) mass is 347 g/mol. The van der Waals surface area contributed by atoms with Crippen LogP contribution in [-0.2, 0) is 15.9 Å². The Balaban J connectivity index is 2.52. The summed E-state index contributed by atoms with van der Waals surface area (Å²) in [4.78, 5) is 27.6. The lowest BCUT2D eigenvalue weighted by molar-refractivity contribution is 0.0524. The summed E-state index contributed by atoms with van der Waals surface area (Å²) in [5.74, 6) is 0.455. The van der Waals surface area contributed by atoms with Crippen molar-refractivity contribution < 1.29 is 19.0 Å². The van der Waals surface area contributed by atoms with E-state index in [0.29, 0.717) is 35.8 Å². The number of ether oxygens (including phenoxy) is 3. The van der Waals surface area contributed by atoms with E-state index in [4.69, 9.17) is 14.2 Å². The zero-order valence-corrected chi connectivity index (χ0v) is 15.2. The highest BCUT2D eigenvalue weighted by Gasteiger charge is 2.16. The van der Waals surface area contributed by atoms with Crippen molar-refractivity contribution in [3.8, 4) is 5.75 Å². The van der Waals surface area contributed by atoms with Crippen LogP contribution in [-0.4, -0.2) is 37.9 Å². The van der Waals surface area contributed by atoms with E-state index in [1.165, 1.54) is 6.20 Å². The summed E-state index contributed by atoms with van der Waals surface area (Å²) in [6.07, 6.45) is 2.23. The quantitative estimate of drug-likeness (QED) is 0.587. The molecule has 0 bridgehead atoms. The van der Waals surface area contributed by atoms with E-state index in [9.17, 15) is 9.59 Å². The van der Waals surface area contributed by atoms with Crippen LogP contribution in [0.5, 0.6) is 5.75 Å². The molecule has 25 heavy (non-hydrogen) atoms. The summed E-state index contributed by atoms with van der Waals surface area (Å²) in [5, 5.41) is 0.408. The third-order valence-electron chi connectivity index (χ3n) is 3.73. The molecule has 2 rings (SSSR count). The van der Waals surface area contributed by atoms with Crippen LogP contribution in [0.4, 0.5) is 0 Å². The molecule has 0 radical (unpaired) electrons. The Kier molecular flexibility index (Phi) is 6.58. The second kappa shape index (κ2) is 8.67. The standard InChI is InChI=1S/C19H25NO5/c1-5-24-19(22)15-11-20-16-9-13(8-12(2)3)17(25-7-6-23-4)10-14(16)18(15)21/h9-12H,5-8H2,1-4H3,(H,20,21). The zero-order chi connectivity index (χ0) is 18.4. The van der Waals surface area contributed by atoms with Gasteiger partial charge < -0.3 is 19.2 Å². The van der Waals surface area contributed by atoms with Gasteiger partial charge in [0, 0.05) is 18.8 Å².